The number of nitrogens with one attached hydrogen (secondary N) is 2. The quantitative estimate of drug-likeness (QED) is 0.401. The number of aromatic nitrogens is 7. The lowest BCUT2D eigenvalue weighted by atomic mass is 10.1. The molecule has 12 nitrogen and oxygen atoms in total. The number of pyridine rings is 1. The zero-order valence-electron chi connectivity index (χ0n) is 17.7. The molecule has 0 saturated heterocycles. The zero-order valence-corrected chi connectivity index (χ0v) is 19.2. The van der Waals surface area contributed by atoms with Gasteiger partial charge in [-0.2, -0.15) is 15.3 Å². The number of carbonyl (C=O) groups excluding carboxylic acids is 1. The highest BCUT2D eigenvalue weighted by Crippen LogP contribution is 2.33. The maximum absolute atomic E-state index is 12.8. The summed E-state index contributed by atoms with van der Waals surface area (Å²) in [5, 5.41) is 18.1. The number of carbonyl (C=O) groups is 1. The van der Waals surface area contributed by atoms with Crippen LogP contribution in [0.1, 0.15) is 18.7 Å². The number of fused-ring (bicyclic) bond motifs is 1. The number of urea groups is 1. The minimum Gasteiger partial charge on any atom is -0.372 e. The second-order valence-corrected chi connectivity index (χ2v) is 7.45. The molecule has 4 aromatic heterocycles. The van der Waals surface area contributed by atoms with E-state index >= 15 is 0 Å². The van der Waals surface area contributed by atoms with Gasteiger partial charge < -0.3 is 20.1 Å². The Hall–Kier alpha value is -3.32. The number of ether oxygens (including phenoxy) is 2. The first-order valence-electron chi connectivity index (χ1n) is 9.46. The number of nitrogens with zero attached hydrogens (tertiary/aromatic N) is 7. The third-order valence-electron chi connectivity index (χ3n) is 4.60. The summed E-state index contributed by atoms with van der Waals surface area (Å²) >= 11 is 12.3. The molecule has 14 heteroatoms. The van der Waals surface area contributed by atoms with E-state index in [2.05, 4.69) is 35.9 Å². The van der Waals surface area contributed by atoms with Crippen LogP contribution in [0.2, 0.25) is 10.2 Å². The lowest BCUT2D eigenvalue weighted by Crippen LogP contribution is -2.24. The number of rotatable bonds is 7. The number of methoxy groups -OCH3 is 2. The summed E-state index contributed by atoms with van der Waals surface area (Å²) < 4.78 is 12.4. The van der Waals surface area contributed by atoms with Crippen molar-refractivity contribution in [3.63, 3.8) is 0 Å². The number of amides is 2. The van der Waals surface area contributed by atoms with Gasteiger partial charge in [0.25, 0.3) is 0 Å². The van der Waals surface area contributed by atoms with Crippen LogP contribution in [0.25, 0.3) is 11.5 Å². The fourth-order valence-corrected chi connectivity index (χ4v) is 3.52. The summed E-state index contributed by atoms with van der Waals surface area (Å²) in [5.41, 5.74) is 1.64. The summed E-state index contributed by atoms with van der Waals surface area (Å²) in [4.78, 5) is 22.5. The molecule has 2 amide bonds. The molecule has 0 bridgehead atoms. The van der Waals surface area contributed by atoms with Crippen molar-refractivity contribution in [2.24, 2.45) is 0 Å². The van der Waals surface area contributed by atoms with Crippen LogP contribution in [0.15, 0.2) is 36.9 Å². The van der Waals surface area contributed by atoms with E-state index in [1.54, 1.807) is 13.0 Å². The van der Waals surface area contributed by atoms with Gasteiger partial charge >= 0.3 is 6.03 Å². The first-order valence-corrected chi connectivity index (χ1v) is 10.2. The van der Waals surface area contributed by atoms with Crippen molar-refractivity contribution in [3.8, 4) is 5.82 Å². The molecule has 0 spiro atoms. The van der Waals surface area contributed by atoms with E-state index in [1.807, 2.05) is 0 Å². The fourth-order valence-electron chi connectivity index (χ4n) is 3.11. The molecule has 0 aliphatic carbocycles. The predicted octanol–water partition coefficient (Wildman–Crippen LogP) is 3.54. The SMILES string of the molecule is CO[C](C)[C@H](OC)c1c(NC(=O)Nc2cnc(-n3nccn3)c(Cl)c2)cnc2cc(Cl)nn12. The van der Waals surface area contributed by atoms with Crippen LogP contribution in [0.3, 0.4) is 0 Å². The van der Waals surface area contributed by atoms with Crippen LogP contribution in [0, 0.1) is 6.10 Å². The standard InChI is InChI=1S/C19H18Cl2N9O3/c1-10(32-2)17(33-3)16-13(9-22-15-7-14(21)28-29(15)16)27-19(31)26-11-6-12(20)18(23-8-11)30-24-4-5-25-30/h4-9,17H,1-3H3,(H2,26,27,31)/t17-/m0/s1. The second kappa shape index (κ2) is 9.67. The predicted molar refractivity (Wildman–Crippen MR) is 120 cm³/mol. The van der Waals surface area contributed by atoms with Crippen LogP contribution < -0.4 is 10.6 Å². The molecular formula is C19H18Cl2N9O3. The Morgan fingerprint density at radius 2 is 1.85 bits per heavy atom. The minimum absolute atomic E-state index is 0.239. The van der Waals surface area contributed by atoms with E-state index in [0.717, 1.165) is 0 Å². The van der Waals surface area contributed by atoms with Crippen LogP contribution >= 0.6 is 23.2 Å². The van der Waals surface area contributed by atoms with Gasteiger partial charge in [-0.25, -0.2) is 19.3 Å². The first-order chi connectivity index (χ1) is 15.9. The maximum atomic E-state index is 12.8. The van der Waals surface area contributed by atoms with Gasteiger partial charge in [0.15, 0.2) is 16.6 Å². The summed E-state index contributed by atoms with van der Waals surface area (Å²) in [6, 6.07) is 2.56. The lowest BCUT2D eigenvalue weighted by molar-refractivity contribution is 0.0330. The fraction of sp³-hybridized carbons (Fsp3) is 0.211. The Labute approximate surface area is 197 Å². The Morgan fingerprint density at radius 3 is 2.52 bits per heavy atom. The first kappa shape index (κ1) is 22.9. The molecule has 0 unspecified atom stereocenters. The molecule has 0 saturated carbocycles. The molecule has 1 radical (unpaired) electrons. The Bertz CT molecular complexity index is 1280. The zero-order chi connectivity index (χ0) is 23.5. The van der Waals surface area contributed by atoms with Crippen molar-refractivity contribution in [3.05, 3.63) is 58.9 Å². The highest BCUT2D eigenvalue weighted by Gasteiger charge is 2.28. The van der Waals surface area contributed by atoms with E-state index in [1.165, 1.54) is 54.4 Å². The molecule has 0 aliphatic heterocycles. The van der Waals surface area contributed by atoms with Gasteiger partial charge in [-0.3, -0.25) is 0 Å². The molecule has 33 heavy (non-hydrogen) atoms. The minimum atomic E-state index is -0.663. The number of anilines is 2. The topological polar surface area (TPSA) is 133 Å². The lowest BCUT2D eigenvalue weighted by Gasteiger charge is -2.23. The van der Waals surface area contributed by atoms with Crippen LogP contribution in [-0.4, -0.2) is 54.8 Å². The highest BCUT2D eigenvalue weighted by atomic mass is 35.5. The number of hydrogen-bond acceptors (Lipinski definition) is 8. The van der Waals surface area contributed by atoms with Gasteiger partial charge in [-0.1, -0.05) is 23.2 Å². The van der Waals surface area contributed by atoms with E-state index in [-0.39, 0.29) is 10.2 Å². The van der Waals surface area contributed by atoms with E-state index < -0.39 is 12.1 Å². The molecule has 4 heterocycles. The van der Waals surface area contributed by atoms with Crippen molar-refractivity contribution < 1.29 is 14.3 Å². The third kappa shape index (κ3) is 4.73. The molecule has 2 N–H and O–H groups in total. The third-order valence-corrected chi connectivity index (χ3v) is 5.06. The average Bonchev–Trinajstić information content (AvgIpc) is 3.44. The number of hydrogen-bond donors (Lipinski definition) is 2. The van der Waals surface area contributed by atoms with Crippen molar-refractivity contribution >= 4 is 46.3 Å². The Morgan fingerprint density at radius 1 is 1.09 bits per heavy atom. The second-order valence-electron chi connectivity index (χ2n) is 6.65. The van der Waals surface area contributed by atoms with Crippen LogP contribution in [0.4, 0.5) is 16.2 Å². The molecule has 0 aromatic carbocycles. The summed E-state index contributed by atoms with van der Waals surface area (Å²) in [5.74, 6) is 0.327. The van der Waals surface area contributed by atoms with E-state index in [0.29, 0.717) is 34.6 Å². The molecule has 171 valence electrons. The van der Waals surface area contributed by atoms with Crippen molar-refractivity contribution in [1.29, 1.82) is 0 Å². The highest BCUT2D eigenvalue weighted by molar-refractivity contribution is 6.32. The van der Waals surface area contributed by atoms with Gasteiger partial charge in [-0.15, -0.1) is 4.80 Å². The molecule has 0 fully saturated rings. The Balaban J connectivity index is 1.61. The van der Waals surface area contributed by atoms with Crippen LogP contribution in [-0.2, 0) is 9.47 Å². The van der Waals surface area contributed by atoms with E-state index in [9.17, 15) is 4.79 Å². The molecule has 4 rings (SSSR count). The summed E-state index contributed by atoms with van der Waals surface area (Å²) in [6.07, 6.45) is 5.80. The molecular weight excluding hydrogens is 473 g/mol. The molecule has 0 aliphatic rings. The van der Waals surface area contributed by atoms with Crippen LogP contribution in [0.5, 0.6) is 0 Å². The summed E-state index contributed by atoms with van der Waals surface area (Å²) in [7, 11) is 3.03. The smallest absolute Gasteiger partial charge is 0.323 e. The van der Waals surface area contributed by atoms with Crippen molar-refractivity contribution in [2.75, 3.05) is 24.9 Å². The van der Waals surface area contributed by atoms with Gasteiger partial charge in [0.2, 0.25) is 0 Å². The monoisotopic (exact) mass is 490 g/mol. The normalized spacial score (nSPS) is 12.3. The number of halogens is 2. The van der Waals surface area contributed by atoms with E-state index in [4.69, 9.17) is 32.7 Å². The molecule has 4 aromatic rings. The van der Waals surface area contributed by atoms with Gasteiger partial charge in [0.05, 0.1) is 41.2 Å². The average molecular weight is 491 g/mol. The maximum Gasteiger partial charge on any atom is 0.323 e. The van der Waals surface area contributed by atoms with Gasteiger partial charge in [-0.05, 0) is 13.0 Å². The molecule has 1 atom stereocenters. The van der Waals surface area contributed by atoms with Gasteiger partial charge in [0, 0.05) is 20.3 Å². The summed E-state index contributed by atoms with van der Waals surface area (Å²) in [6.45, 7) is 1.75. The largest absolute Gasteiger partial charge is 0.372 e. The Kier molecular flexibility index (Phi) is 6.70. The van der Waals surface area contributed by atoms with Gasteiger partial charge in [0.1, 0.15) is 17.9 Å². The van der Waals surface area contributed by atoms with Crippen molar-refractivity contribution in [1.82, 2.24) is 34.6 Å². The van der Waals surface area contributed by atoms with Crippen molar-refractivity contribution in [2.45, 2.75) is 13.0 Å².